The lowest BCUT2D eigenvalue weighted by Gasteiger charge is -2.35. The molecule has 0 aliphatic carbocycles. The zero-order valence-corrected chi connectivity index (χ0v) is 24.6. The van der Waals surface area contributed by atoms with E-state index in [9.17, 15) is 19.8 Å². The van der Waals surface area contributed by atoms with Crippen LogP contribution in [0.25, 0.3) is 0 Å². The van der Waals surface area contributed by atoms with Gasteiger partial charge in [0.05, 0.1) is 45.6 Å². The van der Waals surface area contributed by atoms with E-state index in [1.54, 1.807) is 31.2 Å². The summed E-state index contributed by atoms with van der Waals surface area (Å²) in [6.07, 6.45) is 11.2. The molecule has 9 heteroatoms. The minimum atomic E-state index is -1.68. The third-order valence-electron chi connectivity index (χ3n) is 9.00. The highest BCUT2D eigenvalue weighted by molar-refractivity contribution is 6.19. The number of rotatable bonds is 5. The summed E-state index contributed by atoms with van der Waals surface area (Å²) in [6.45, 7) is 15.4. The van der Waals surface area contributed by atoms with Gasteiger partial charge in [-0.1, -0.05) is 25.3 Å². The number of esters is 1. The van der Waals surface area contributed by atoms with Crippen LogP contribution < -0.4 is 0 Å². The SMILES string of the molecule is C=CC1=C(C)C2=NC1=CC1=NC(=CC3=NC(=CC4=NC(=C2)C(C)=C4CCC(=O)O)C2(CCC(=O)O2)C3(C)O)C(C=C)=C1C. The molecule has 0 aromatic rings. The van der Waals surface area contributed by atoms with Crippen molar-refractivity contribution in [2.75, 3.05) is 0 Å². The highest BCUT2D eigenvalue weighted by atomic mass is 16.6. The summed E-state index contributed by atoms with van der Waals surface area (Å²) in [7, 11) is 0. The van der Waals surface area contributed by atoms with Gasteiger partial charge in [-0.25, -0.2) is 15.0 Å². The molecular weight excluding hydrogens is 544 g/mol. The molecule has 2 N–H and O–H groups in total. The number of hydrogen-bond donors (Lipinski definition) is 2. The number of aliphatic imine (C=N–C) groups is 4. The van der Waals surface area contributed by atoms with Crippen molar-refractivity contribution in [1.29, 1.82) is 0 Å². The van der Waals surface area contributed by atoms with Gasteiger partial charge in [0.25, 0.3) is 0 Å². The number of hydrogen-bond acceptors (Lipinski definition) is 8. The molecule has 0 aromatic heterocycles. The Bertz CT molecular complexity index is 1810. The molecule has 43 heavy (non-hydrogen) atoms. The number of nitrogens with zero attached hydrogens (tertiary/aromatic N) is 4. The van der Waals surface area contributed by atoms with Crippen LogP contribution in [0.4, 0.5) is 0 Å². The normalized spacial score (nSPS) is 27.9. The summed E-state index contributed by atoms with van der Waals surface area (Å²) in [6, 6.07) is 0. The molecule has 218 valence electrons. The number of aliphatic hydroxyl groups is 1. The van der Waals surface area contributed by atoms with Crippen molar-refractivity contribution in [2.24, 2.45) is 20.0 Å². The Labute approximate surface area is 249 Å². The van der Waals surface area contributed by atoms with Crippen LogP contribution in [-0.4, -0.2) is 56.2 Å². The fourth-order valence-electron chi connectivity index (χ4n) is 6.38. The number of carbonyl (C=O) groups excluding carboxylic acids is 1. The van der Waals surface area contributed by atoms with E-state index in [-0.39, 0.29) is 31.4 Å². The summed E-state index contributed by atoms with van der Waals surface area (Å²) in [5.74, 6) is -1.36. The van der Waals surface area contributed by atoms with Crippen LogP contribution in [0.15, 0.2) is 126 Å². The summed E-state index contributed by atoms with van der Waals surface area (Å²) in [4.78, 5) is 43.7. The number of ether oxygens (including phenoxy) is 1. The molecule has 6 aliphatic rings. The van der Waals surface area contributed by atoms with E-state index in [1.807, 2.05) is 32.9 Å². The predicted molar refractivity (Wildman–Crippen MR) is 166 cm³/mol. The molecule has 2 unspecified atom stereocenters. The lowest BCUT2D eigenvalue weighted by molar-refractivity contribution is -0.156. The molecule has 9 nitrogen and oxygen atoms in total. The number of carboxylic acid groups (broad SMARTS) is 1. The second kappa shape index (κ2) is 9.91. The average molecular weight is 577 g/mol. The van der Waals surface area contributed by atoms with Crippen molar-refractivity contribution < 1.29 is 24.5 Å². The van der Waals surface area contributed by atoms with Crippen LogP contribution in [-0.2, 0) is 14.3 Å². The highest BCUT2D eigenvalue weighted by Crippen LogP contribution is 2.49. The summed E-state index contributed by atoms with van der Waals surface area (Å²) in [5.41, 5.74) is 6.36. The van der Waals surface area contributed by atoms with Gasteiger partial charge in [-0.2, -0.15) is 0 Å². The first kappa shape index (κ1) is 28.4. The molecule has 2 atom stereocenters. The fraction of sp³-hybridized carbons (Fsp3) is 0.294. The van der Waals surface area contributed by atoms with E-state index in [2.05, 4.69) is 13.2 Å². The number of carbonyl (C=O) groups is 2. The minimum Gasteiger partial charge on any atom is -0.481 e. The van der Waals surface area contributed by atoms with Crippen LogP contribution in [0.1, 0.15) is 53.4 Å². The Morgan fingerprint density at radius 3 is 2.05 bits per heavy atom. The molecular formula is C34H32N4O5. The first-order valence-corrected chi connectivity index (χ1v) is 14.2. The van der Waals surface area contributed by atoms with Crippen molar-refractivity contribution >= 4 is 34.8 Å². The molecule has 1 saturated heterocycles. The molecule has 1 spiro atoms. The zero-order chi connectivity index (χ0) is 30.8. The lowest BCUT2D eigenvalue weighted by Crippen LogP contribution is -2.53. The van der Waals surface area contributed by atoms with Gasteiger partial charge in [-0.05, 0) is 80.7 Å². The zero-order valence-electron chi connectivity index (χ0n) is 24.6. The first-order valence-electron chi connectivity index (χ1n) is 14.2. The van der Waals surface area contributed by atoms with E-state index >= 15 is 0 Å². The van der Waals surface area contributed by atoms with Gasteiger partial charge in [-0.15, -0.1) is 0 Å². The molecule has 8 bridgehead atoms. The Balaban J connectivity index is 1.65. The van der Waals surface area contributed by atoms with Crippen LogP contribution in [0.3, 0.4) is 0 Å². The summed E-state index contributed by atoms with van der Waals surface area (Å²) < 4.78 is 5.89. The quantitative estimate of drug-likeness (QED) is 0.425. The van der Waals surface area contributed by atoms with Crippen LogP contribution in [0.2, 0.25) is 0 Å². The Kier molecular flexibility index (Phi) is 6.54. The number of carboxylic acids is 1. The third kappa shape index (κ3) is 4.26. The Hall–Kier alpha value is -4.76. The fourth-order valence-corrected chi connectivity index (χ4v) is 6.38. The molecule has 0 saturated carbocycles. The molecule has 1 fully saturated rings. The van der Waals surface area contributed by atoms with E-state index in [0.717, 1.165) is 33.4 Å². The maximum Gasteiger partial charge on any atom is 0.307 e. The second-order valence-electron chi connectivity index (χ2n) is 11.5. The van der Waals surface area contributed by atoms with E-state index in [4.69, 9.17) is 24.7 Å². The van der Waals surface area contributed by atoms with Crippen molar-refractivity contribution in [1.82, 2.24) is 0 Å². The number of aliphatic carboxylic acids is 1. The smallest absolute Gasteiger partial charge is 0.307 e. The lowest BCUT2D eigenvalue weighted by atomic mass is 9.78. The number of fused-ring (bicyclic) bond motifs is 5. The molecule has 6 aliphatic heterocycles. The topological polar surface area (TPSA) is 133 Å². The second-order valence-corrected chi connectivity index (χ2v) is 11.5. The van der Waals surface area contributed by atoms with Gasteiger partial charge in [-0.3, -0.25) is 14.6 Å². The molecule has 0 radical (unpaired) electrons. The van der Waals surface area contributed by atoms with Crippen molar-refractivity contribution in [3.8, 4) is 0 Å². The summed E-state index contributed by atoms with van der Waals surface area (Å²) >= 11 is 0. The van der Waals surface area contributed by atoms with Gasteiger partial charge in [0.2, 0.25) is 0 Å². The predicted octanol–water partition coefficient (Wildman–Crippen LogP) is 5.37. The van der Waals surface area contributed by atoms with Gasteiger partial charge >= 0.3 is 11.9 Å². The Morgan fingerprint density at radius 1 is 0.907 bits per heavy atom. The summed E-state index contributed by atoms with van der Waals surface area (Å²) in [5, 5.41) is 21.5. The standard InChI is InChI=1S/C34H32N4O5/c1-7-20-17(3)23-13-24-19(5)22(9-10-31(39)40)28(37-24)16-30-34(12-11-32(41)43-34)33(6,42)29(38-30)15-27-21(8-2)18(4)25(36-27)14-26(20)35-23/h7-8,13-16,42H,1-2,9-12H2,3-6H3,(H,39,40). The minimum absolute atomic E-state index is 0.0931. The number of allylic oxidation sites excluding steroid dienone is 9. The van der Waals surface area contributed by atoms with Crippen molar-refractivity contribution in [2.45, 2.75) is 64.6 Å². The monoisotopic (exact) mass is 576 g/mol. The van der Waals surface area contributed by atoms with Crippen LogP contribution in [0.5, 0.6) is 0 Å². The Morgan fingerprint density at radius 2 is 1.49 bits per heavy atom. The van der Waals surface area contributed by atoms with Gasteiger partial charge in [0, 0.05) is 30.4 Å². The van der Waals surface area contributed by atoms with Gasteiger partial charge in [0.1, 0.15) is 5.60 Å². The maximum absolute atomic E-state index is 12.5. The third-order valence-corrected chi connectivity index (χ3v) is 9.00. The van der Waals surface area contributed by atoms with Crippen molar-refractivity contribution in [3.05, 3.63) is 106 Å². The van der Waals surface area contributed by atoms with Gasteiger partial charge in [0.15, 0.2) is 5.60 Å². The van der Waals surface area contributed by atoms with Crippen molar-refractivity contribution in [3.63, 3.8) is 0 Å². The average Bonchev–Trinajstić information content (AvgIpc) is 3.69. The molecule has 0 amide bonds. The first-order chi connectivity index (χ1) is 20.4. The van der Waals surface area contributed by atoms with Crippen LogP contribution in [0, 0.1) is 0 Å². The maximum atomic E-state index is 12.5. The van der Waals surface area contributed by atoms with Crippen LogP contribution >= 0.6 is 0 Å². The van der Waals surface area contributed by atoms with E-state index in [1.165, 1.54) is 0 Å². The van der Waals surface area contributed by atoms with Gasteiger partial charge < -0.3 is 14.9 Å². The molecule has 6 rings (SSSR count). The van der Waals surface area contributed by atoms with E-state index in [0.29, 0.717) is 39.9 Å². The largest absolute Gasteiger partial charge is 0.481 e. The molecule has 6 heterocycles. The van der Waals surface area contributed by atoms with E-state index < -0.39 is 23.1 Å². The highest BCUT2D eigenvalue weighted by Gasteiger charge is 2.62. The molecule has 0 aromatic carbocycles.